The minimum atomic E-state index is -1.32. The summed E-state index contributed by atoms with van der Waals surface area (Å²) in [6.45, 7) is -0.415. The monoisotopic (exact) mass is 227 g/mol. The fourth-order valence-corrected chi connectivity index (χ4v) is 2.46. The van der Waals surface area contributed by atoms with Gasteiger partial charge in [0.15, 0.2) is 0 Å². The summed E-state index contributed by atoms with van der Waals surface area (Å²) in [7, 11) is 0. The van der Waals surface area contributed by atoms with Crippen LogP contribution in [0.1, 0.15) is 25.7 Å². The molecule has 0 aromatic heterocycles. The maximum atomic E-state index is 11.6. The van der Waals surface area contributed by atoms with Crippen LogP contribution in [0.25, 0.3) is 0 Å². The van der Waals surface area contributed by atoms with Gasteiger partial charge in [0, 0.05) is 0 Å². The van der Waals surface area contributed by atoms with Gasteiger partial charge >= 0.3 is 5.97 Å². The summed E-state index contributed by atoms with van der Waals surface area (Å²) >= 11 is 0. The predicted molar refractivity (Wildman–Crippen MR) is 51.5 cm³/mol. The van der Waals surface area contributed by atoms with Crippen LogP contribution in [0.4, 0.5) is 0 Å². The van der Waals surface area contributed by atoms with Crippen LogP contribution in [0.2, 0.25) is 0 Å². The standard InChI is InChI=1S/C10H13NO5/c12-7-5-16-6-8(13)11(7)10(9(14)15)3-1-2-4-10/h1-6H2,(H,14,15). The molecule has 2 amide bonds. The number of imide groups is 1. The van der Waals surface area contributed by atoms with Crippen molar-refractivity contribution in [3.63, 3.8) is 0 Å². The van der Waals surface area contributed by atoms with E-state index in [0.29, 0.717) is 12.8 Å². The maximum absolute atomic E-state index is 11.6. The molecule has 88 valence electrons. The second-order valence-electron chi connectivity index (χ2n) is 4.16. The Morgan fingerprint density at radius 2 is 1.69 bits per heavy atom. The highest BCUT2D eigenvalue weighted by atomic mass is 16.5. The fourth-order valence-electron chi connectivity index (χ4n) is 2.46. The van der Waals surface area contributed by atoms with Crippen molar-refractivity contribution in [2.24, 2.45) is 0 Å². The van der Waals surface area contributed by atoms with Crippen molar-refractivity contribution in [2.45, 2.75) is 31.2 Å². The van der Waals surface area contributed by atoms with Gasteiger partial charge in [-0.3, -0.25) is 14.5 Å². The summed E-state index contributed by atoms with van der Waals surface area (Å²) in [6.07, 6.45) is 2.15. The number of nitrogens with zero attached hydrogens (tertiary/aromatic N) is 1. The Balaban J connectivity index is 2.35. The average molecular weight is 227 g/mol. The van der Waals surface area contributed by atoms with Crippen LogP contribution in [0.5, 0.6) is 0 Å². The van der Waals surface area contributed by atoms with Crippen molar-refractivity contribution in [3.8, 4) is 0 Å². The lowest BCUT2D eigenvalue weighted by Crippen LogP contribution is -2.61. The van der Waals surface area contributed by atoms with Crippen LogP contribution in [-0.4, -0.2) is 46.5 Å². The van der Waals surface area contributed by atoms with E-state index in [1.165, 1.54) is 0 Å². The van der Waals surface area contributed by atoms with E-state index in [1.807, 2.05) is 0 Å². The zero-order chi connectivity index (χ0) is 11.8. The minimum Gasteiger partial charge on any atom is -0.479 e. The summed E-state index contributed by atoms with van der Waals surface area (Å²) in [5, 5.41) is 9.26. The number of hydrogen-bond acceptors (Lipinski definition) is 4. The Morgan fingerprint density at radius 3 is 2.12 bits per heavy atom. The van der Waals surface area contributed by atoms with Crippen LogP contribution in [-0.2, 0) is 19.1 Å². The van der Waals surface area contributed by atoms with Gasteiger partial charge in [0.1, 0.15) is 18.8 Å². The zero-order valence-electron chi connectivity index (χ0n) is 8.77. The summed E-state index contributed by atoms with van der Waals surface area (Å²) in [5.41, 5.74) is -1.32. The second kappa shape index (κ2) is 3.86. The molecular weight excluding hydrogens is 214 g/mol. The van der Waals surface area contributed by atoms with Crippen molar-refractivity contribution in [1.29, 1.82) is 0 Å². The highest BCUT2D eigenvalue weighted by Gasteiger charge is 2.52. The van der Waals surface area contributed by atoms with Crippen molar-refractivity contribution < 1.29 is 24.2 Å². The van der Waals surface area contributed by atoms with Gasteiger partial charge in [-0.2, -0.15) is 0 Å². The van der Waals surface area contributed by atoms with E-state index in [9.17, 15) is 19.5 Å². The van der Waals surface area contributed by atoms with Gasteiger partial charge < -0.3 is 9.84 Å². The molecule has 2 aliphatic rings. The largest absolute Gasteiger partial charge is 0.479 e. The molecule has 2 fully saturated rings. The third kappa shape index (κ3) is 1.49. The molecule has 0 radical (unpaired) electrons. The lowest BCUT2D eigenvalue weighted by molar-refractivity contribution is -0.175. The zero-order valence-corrected chi connectivity index (χ0v) is 8.77. The molecular formula is C10H13NO5. The van der Waals surface area contributed by atoms with Gasteiger partial charge in [-0.1, -0.05) is 12.8 Å². The molecule has 2 rings (SSSR count). The number of rotatable bonds is 2. The molecule has 1 aliphatic carbocycles. The second-order valence-corrected chi connectivity index (χ2v) is 4.16. The van der Waals surface area contributed by atoms with E-state index in [-0.39, 0.29) is 13.2 Å². The van der Waals surface area contributed by atoms with E-state index in [2.05, 4.69) is 0 Å². The van der Waals surface area contributed by atoms with Crippen molar-refractivity contribution >= 4 is 17.8 Å². The number of amides is 2. The van der Waals surface area contributed by atoms with E-state index in [0.717, 1.165) is 17.7 Å². The Bertz CT molecular complexity index is 329. The molecule has 6 nitrogen and oxygen atoms in total. The molecule has 16 heavy (non-hydrogen) atoms. The van der Waals surface area contributed by atoms with Crippen LogP contribution in [0.15, 0.2) is 0 Å². The summed E-state index contributed by atoms with van der Waals surface area (Å²) < 4.78 is 4.77. The van der Waals surface area contributed by atoms with Crippen LogP contribution >= 0.6 is 0 Å². The molecule has 0 bridgehead atoms. The molecule has 1 saturated heterocycles. The lowest BCUT2D eigenvalue weighted by Gasteiger charge is -2.38. The number of aliphatic carboxylic acids is 1. The van der Waals surface area contributed by atoms with Crippen molar-refractivity contribution in [1.82, 2.24) is 4.90 Å². The van der Waals surface area contributed by atoms with E-state index < -0.39 is 23.3 Å². The number of carboxylic acids is 1. The van der Waals surface area contributed by atoms with Gasteiger partial charge in [0.2, 0.25) is 0 Å². The molecule has 0 aromatic carbocycles. The summed E-state index contributed by atoms with van der Waals surface area (Å²) in [5.74, 6) is -2.17. The first-order chi connectivity index (χ1) is 7.58. The molecule has 6 heteroatoms. The molecule has 0 aromatic rings. The van der Waals surface area contributed by atoms with Gasteiger partial charge in [0.25, 0.3) is 11.8 Å². The molecule has 1 saturated carbocycles. The van der Waals surface area contributed by atoms with Gasteiger partial charge in [-0.15, -0.1) is 0 Å². The Hall–Kier alpha value is -1.43. The van der Waals surface area contributed by atoms with Crippen molar-refractivity contribution in [2.75, 3.05) is 13.2 Å². The molecule has 1 N–H and O–H groups in total. The number of ether oxygens (including phenoxy) is 1. The van der Waals surface area contributed by atoms with Crippen molar-refractivity contribution in [3.05, 3.63) is 0 Å². The minimum absolute atomic E-state index is 0.208. The SMILES string of the molecule is O=C1COCC(=O)N1C1(C(=O)O)CCCC1. The van der Waals surface area contributed by atoms with Crippen LogP contribution in [0.3, 0.4) is 0 Å². The first kappa shape index (κ1) is 11.1. The van der Waals surface area contributed by atoms with Crippen LogP contribution < -0.4 is 0 Å². The summed E-state index contributed by atoms with van der Waals surface area (Å²) in [6, 6.07) is 0. The van der Waals surface area contributed by atoms with Crippen LogP contribution in [0, 0.1) is 0 Å². The summed E-state index contributed by atoms with van der Waals surface area (Å²) in [4.78, 5) is 35.5. The molecule has 0 unspecified atom stereocenters. The average Bonchev–Trinajstić information content (AvgIpc) is 2.67. The lowest BCUT2D eigenvalue weighted by atomic mass is 9.94. The van der Waals surface area contributed by atoms with Gasteiger partial charge in [0.05, 0.1) is 0 Å². The molecule has 1 aliphatic heterocycles. The Morgan fingerprint density at radius 1 is 1.19 bits per heavy atom. The van der Waals surface area contributed by atoms with Gasteiger partial charge in [-0.05, 0) is 12.8 Å². The number of morpholine rings is 1. The third-order valence-corrected chi connectivity index (χ3v) is 3.21. The third-order valence-electron chi connectivity index (χ3n) is 3.21. The molecule has 0 spiro atoms. The Labute approximate surface area is 92.2 Å². The van der Waals surface area contributed by atoms with Gasteiger partial charge in [-0.25, -0.2) is 4.79 Å². The van der Waals surface area contributed by atoms with E-state index in [1.54, 1.807) is 0 Å². The number of carboxylic acid groups (broad SMARTS) is 1. The fraction of sp³-hybridized carbons (Fsp3) is 0.700. The number of hydrogen-bond donors (Lipinski definition) is 1. The Kier molecular flexibility index (Phi) is 2.67. The highest BCUT2D eigenvalue weighted by molar-refractivity contribution is 6.03. The molecule has 1 heterocycles. The number of carbonyl (C=O) groups is 3. The normalized spacial score (nSPS) is 24.9. The topological polar surface area (TPSA) is 83.9 Å². The molecule has 0 atom stereocenters. The highest BCUT2D eigenvalue weighted by Crippen LogP contribution is 2.36. The smallest absolute Gasteiger partial charge is 0.330 e. The maximum Gasteiger partial charge on any atom is 0.330 e. The quantitative estimate of drug-likeness (QED) is 0.659. The van der Waals surface area contributed by atoms with E-state index in [4.69, 9.17) is 4.74 Å². The predicted octanol–water partition coefficient (Wildman–Crippen LogP) is -0.231. The number of carbonyl (C=O) groups excluding carboxylic acids is 2. The first-order valence-corrected chi connectivity index (χ1v) is 5.25. The van der Waals surface area contributed by atoms with E-state index >= 15 is 0 Å². The first-order valence-electron chi connectivity index (χ1n) is 5.25.